The first-order valence-electron chi connectivity index (χ1n) is 7.28. The van der Waals surface area contributed by atoms with Gasteiger partial charge in [-0.1, -0.05) is 37.3 Å². The molecule has 104 valence electrons. The molecule has 2 aromatic carbocycles. The van der Waals surface area contributed by atoms with E-state index in [4.69, 9.17) is 4.74 Å². The highest BCUT2D eigenvalue weighted by molar-refractivity contribution is 5.40. The molecule has 1 aliphatic carbocycles. The van der Waals surface area contributed by atoms with Gasteiger partial charge in [0.1, 0.15) is 12.4 Å². The van der Waals surface area contributed by atoms with Gasteiger partial charge >= 0.3 is 0 Å². The summed E-state index contributed by atoms with van der Waals surface area (Å²) in [6.07, 6.45) is 2.55. The minimum Gasteiger partial charge on any atom is -0.489 e. The van der Waals surface area contributed by atoms with Crippen LogP contribution in [0, 0.1) is 0 Å². The molecule has 0 fully saturated rings. The van der Waals surface area contributed by atoms with Gasteiger partial charge in [-0.15, -0.1) is 0 Å². The molecule has 0 bridgehead atoms. The lowest BCUT2D eigenvalue weighted by molar-refractivity contribution is 0.180. The molecule has 2 heteroatoms. The van der Waals surface area contributed by atoms with Gasteiger partial charge in [-0.3, -0.25) is 0 Å². The Morgan fingerprint density at radius 3 is 2.60 bits per heavy atom. The molecule has 0 saturated carbocycles. The van der Waals surface area contributed by atoms with Crippen molar-refractivity contribution in [3.63, 3.8) is 0 Å². The largest absolute Gasteiger partial charge is 0.489 e. The summed E-state index contributed by atoms with van der Waals surface area (Å²) in [5.74, 6) is 0.886. The quantitative estimate of drug-likeness (QED) is 0.913. The van der Waals surface area contributed by atoms with Crippen LogP contribution >= 0.6 is 0 Å². The number of rotatable bonds is 4. The highest BCUT2D eigenvalue weighted by Crippen LogP contribution is 2.33. The molecule has 0 radical (unpaired) electrons. The molecule has 3 rings (SSSR count). The smallest absolute Gasteiger partial charge is 0.120 e. The fraction of sp³-hybridized carbons (Fsp3) is 0.333. The lowest BCUT2D eigenvalue weighted by atomic mass is 10.1. The van der Waals surface area contributed by atoms with Crippen LogP contribution in [0.3, 0.4) is 0 Å². The Morgan fingerprint density at radius 2 is 1.85 bits per heavy atom. The van der Waals surface area contributed by atoms with E-state index in [1.54, 1.807) is 0 Å². The number of benzene rings is 2. The number of ether oxygens (including phenoxy) is 1. The third kappa shape index (κ3) is 2.70. The molecule has 0 aliphatic heterocycles. The average molecular weight is 268 g/mol. The zero-order valence-electron chi connectivity index (χ0n) is 11.8. The van der Waals surface area contributed by atoms with Crippen molar-refractivity contribution in [1.82, 2.24) is 0 Å². The zero-order valence-corrected chi connectivity index (χ0v) is 11.8. The van der Waals surface area contributed by atoms with Crippen molar-refractivity contribution in [3.8, 4) is 5.75 Å². The van der Waals surface area contributed by atoms with Crippen LogP contribution in [0.4, 0.5) is 0 Å². The molecule has 2 aromatic rings. The maximum absolute atomic E-state index is 9.79. The molecule has 0 heterocycles. The molecule has 1 aliphatic rings. The Bertz CT molecular complexity index is 587. The zero-order chi connectivity index (χ0) is 13.9. The third-order valence-corrected chi connectivity index (χ3v) is 4.00. The van der Waals surface area contributed by atoms with Gasteiger partial charge in [0, 0.05) is 0 Å². The molecular formula is C18H20O2. The molecule has 2 nitrogen and oxygen atoms in total. The average Bonchev–Trinajstić information content (AvgIpc) is 2.87. The van der Waals surface area contributed by atoms with Crippen molar-refractivity contribution in [1.29, 1.82) is 0 Å². The Hall–Kier alpha value is -1.80. The second-order valence-electron chi connectivity index (χ2n) is 5.37. The van der Waals surface area contributed by atoms with Gasteiger partial charge in [0.2, 0.25) is 0 Å². The van der Waals surface area contributed by atoms with E-state index in [-0.39, 0.29) is 6.10 Å². The molecule has 0 saturated heterocycles. The summed E-state index contributed by atoms with van der Waals surface area (Å²) >= 11 is 0. The molecular weight excluding hydrogens is 248 g/mol. The van der Waals surface area contributed by atoms with Gasteiger partial charge in [0.25, 0.3) is 0 Å². The van der Waals surface area contributed by atoms with Crippen molar-refractivity contribution in [3.05, 3.63) is 64.7 Å². The molecule has 1 N–H and O–H groups in total. The summed E-state index contributed by atoms with van der Waals surface area (Å²) in [7, 11) is 0. The van der Waals surface area contributed by atoms with E-state index in [1.807, 2.05) is 12.1 Å². The van der Waals surface area contributed by atoms with Gasteiger partial charge < -0.3 is 9.84 Å². The molecule has 20 heavy (non-hydrogen) atoms. The molecule has 0 amide bonds. The maximum Gasteiger partial charge on any atom is 0.120 e. The Labute approximate surface area is 120 Å². The summed E-state index contributed by atoms with van der Waals surface area (Å²) in [6, 6.07) is 14.5. The van der Waals surface area contributed by atoms with Crippen LogP contribution < -0.4 is 4.74 Å². The first-order chi connectivity index (χ1) is 9.76. The first kappa shape index (κ1) is 13.2. The van der Waals surface area contributed by atoms with Gasteiger partial charge in [-0.2, -0.15) is 0 Å². The van der Waals surface area contributed by atoms with Crippen LogP contribution in [0.25, 0.3) is 0 Å². The number of fused-ring (bicyclic) bond motifs is 1. The summed E-state index contributed by atoms with van der Waals surface area (Å²) in [4.78, 5) is 0. The van der Waals surface area contributed by atoms with Crippen molar-refractivity contribution in [2.24, 2.45) is 0 Å². The highest BCUT2D eigenvalue weighted by atomic mass is 16.5. The van der Waals surface area contributed by atoms with E-state index < -0.39 is 0 Å². The Kier molecular flexibility index (Phi) is 3.75. The van der Waals surface area contributed by atoms with Crippen LogP contribution in [0.1, 0.15) is 41.7 Å². The predicted octanol–water partition coefficient (Wildman–Crippen LogP) is 3.81. The van der Waals surface area contributed by atoms with Crippen LogP contribution in [0.5, 0.6) is 5.75 Å². The van der Waals surface area contributed by atoms with Crippen LogP contribution in [0.2, 0.25) is 0 Å². The summed E-state index contributed by atoms with van der Waals surface area (Å²) in [6.45, 7) is 2.75. The number of hydrogen-bond acceptors (Lipinski definition) is 2. The van der Waals surface area contributed by atoms with Crippen molar-refractivity contribution in [2.75, 3.05) is 0 Å². The molecule has 1 atom stereocenters. The van der Waals surface area contributed by atoms with E-state index in [0.717, 1.165) is 30.6 Å². The second-order valence-corrected chi connectivity index (χ2v) is 5.37. The van der Waals surface area contributed by atoms with Crippen molar-refractivity contribution < 1.29 is 9.84 Å². The normalized spacial score (nSPS) is 17.0. The minimum absolute atomic E-state index is 0.291. The van der Waals surface area contributed by atoms with E-state index in [9.17, 15) is 5.11 Å². The molecule has 0 aromatic heterocycles. The lowest BCUT2D eigenvalue weighted by Gasteiger charge is -2.09. The van der Waals surface area contributed by atoms with Gasteiger partial charge in [-0.05, 0) is 53.6 Å². The number of hydrogen-bond donors (Lipinski definition) is 1. The van der Waals surface area contributed by atoms with Crippen molar-refractivity contribution >= 4 is 0 Å². The topological polar surface area (TPSA) is 29.5 Å². The maximum atomic E-state index is 9.79. The second kappa shape index (κ2) is 5.68. The van der Waals surface area contributed by atoms with Crippen LogP contribution in [-0.4, -0.2) is 5.11 Å². The van der Waals surface area contributed by atoms with E-state index in [2.05, 4.69) is 37.3 Å². The SMILES string of the molecule is CCc1ccc(COc2ccc3c(c2)CCC3O)cc1. The summed E-state index contributed by atoms with van der Waals surface area (Å²) in [5.41, 5.74) is 4.81. The van der Waals surface area contributed by atoms with Gasteiger partial charge in [0.05, 0.1) is 6.10 Å². The monoisotopic (exact) mass is 268 g/mol. The summed E-state index contributed by atoms with van der Waals surface area (Å²) in [5, 5.41) is 9.79. The van der Waals surface area contributed by atoms with Gasteiger partial charge in [-0.25, -0.2) is 0 Å². The fourth-order valence-electron chi connectivity index (χ4n) is 2.70. The molecule has 1 unspecified atom stereocenters. The van der Waals surface area contributed by atoms with Crippen LogP contribution in [0.15, 0.2) is 42.5 Å². The van der Waals surface area contributed by atoms with E-state index >= 15 is 0 Å². The molecule has 0 spiro atoms. The highest BCUT2D eigenvalue weighted by Gasteiger charge is 2.20. The van der Waals surface area contributed by atoms with Crippen molar-refractivity contribution in [2.45, 2.75) is 38.9 Å². The Balaban J connectivity index is 1.66. The fourth-order valence-corrected chi connectivity index (χ4v) is 2.70. The van der Waals surface area contributed by atoms with Crippen LogP contribution in [-0.2, 0) is 19.4 Å². The first-order valence-corrected chi connectivity index (χ1v) is 7.28. The predicted molar refractivity (Wildman–Crippen MR) is 79.9 cm³/mol. The van der Waals surface area contributed by atoms with E-state index in [1.165, 1.54) is 16.7 Å². The number of aryl methyl sites for hydroxylation is 2. The lowest BCUT2D eigenvalue weighted by Crippen LogP contribution is -1.97. The number of aliphatic hydroxyl groups is 1. The number of aliphatic hydroxyl groups excluding tert-OH is 1. The minimum atomic E-state index is -0.291. The van der Waals surface area contributed by atoms with E-state index in [0.29, 0.717) is 6.61 Å². The standard InChI is InChI=1S/C18H20O2/c1-2-13-3-5-14(6-4-13)12-20-16-8-9-17-15(11-16)7-10-18(17)19/h3-6,8-9,11,18-19H,2,7,10,12H2,1H3. The van der Waals surface area contributed by atoms with Gasteiger partial charge in [0.15, 0.2) is 0 Å². The Morgan fingerprint density at radius 1 is 1.10 bits per heavy atom. The summed E-state index contributed by atoms with van der Waals surface area (Å²) < 4.78 is 5.84. The third-order valence-electron chi connectivity index (χ3n) is 4.00.